The van der Waals surface area contributed by atoms with Crippen molar-refractivity contribution in [1.82, 2.24) is 0 Å². The molecule has 0 aromatic heterocycles. The highest BCUT2D eigenvalue weighted by atomic mass is 32.2. The lowest BCUT2D eigenvalue weighted by molar-refractivity contribution is -0.119. The third-order valence-electron chi connectivity index (χ3n) is 2.90. The van der Waals surface area contributed by atoms with Crippen LogP contribution in [0, 0.1) is 0 Å². The molecule has 0 fully saturated rings. The number of hydrogen-bond acceptors (Lipinski definition) is 5. The Hall–Kier alpha value is -2.67. The standard InChI is InChI=1S/C16H15NO5S/c1-23(20,21)14-10-6-5-9-13(14)16(19)22-11-15(18)17-12-7-3-2-4-8-12/h2-10H,11H2,1H3,(H,17,18). The first-order chi connectivity index (χ1) is 10.9. The molecule has 120 valence electrons. The largest absolute Gasteiger partial charge is 0.452 e. The van der Waals surface area contributed by atoms with Crippen LogP contribution in [0.2, 0.25) is 0 Å². The second kappa shape index (κ2) is 7.06. The summed E-state index contributed by atoms with van der Waals surface area (Å²) < 4.78 is 28.2. The molecule has 0 bridgehead atoms. The van der Waals surface area contributed by atoms with E-state index in [1.54, 1.807) is 30.3 Å². The van der Waals surface area contributed by atoms with Crippen LogP contribution < -0.4 is 5.32 Å². The van der Waals surface area contributed by atoms with E-state index in [1.165, 1.54) is 24.3 Å². The molecule has 0 aliphatic rings. The van der Waals surface area contributed by atoms with Gasteiger partial charge in [0.25, 0.3) is 5.91 Å². The van der Waals surface area contributed by atoms with Crippen LogP contribution in [-0.2, 0) is 19.4 Å². The van der Waals surface area contributed by atoms with Gasteiger partial charge in [-0.1, -0.05) is 30.3 Å². The lowest BCUT2D eigenvalue weighted by Gasteiger charge is -2.09. The molecular formula is C16H15NO5S. The Morgan fingerprint density at radius 1 is 1.00 bits per heavy atom. The Labute approximate surface area is 134 Å². The summed E-state index contributed by atoms with van der Waals surface area (Å²) in [5.41, 5.74) is 0.479. The SMILES string of the molecule is CS(=O)(=O)c1ccccc1C(=O)OCC(=O)Nc1ccccc1. The van der Waals surface area contributed by atoms with Gasteiger partial charge < -0.3 is 10.1 Å². The van der Waals surface area contributed by atoms with Crippen molar-refractivity contribution in [2.24, 2.45) is 0 Å². The Morgan fingerprint density at radius 2 is 1.61 bits per heavy atom. The van der Waals surface area contributed by atoms with Crippen LogP contribution >= 0.6 is 0 Å². The van der Waals surface area contributed by atoms with Gasteiger partial charge in [-0.05, 0) is 24.3 Å². The quantitative estimate of drug-likeness (QED) is 0.844. The van der Waals surface area contributed by atoms with Crippen molar-refractivity contribution in [1.29, 1.82) is 0 Å². The fraction of sp³-hybridized carbons (Fsp3) is 0.125. The number of ether oxygens (including phenoxy) is 1. The number of anilines is 1. The molecule has 1 amide bonds. The van der Waals surface area contributed by atoms with Gasteiger partial charge in [0.1, 0.15) is 0 Å². The molecule has 23 heavy (non-hydrogen) atoms. The van der Waals surface area contributed by atoms with Crippen LogP contribution in [0.15, 0.2) is 59.5 Å². The number of rotatable bonds is 5. The van der Waals surface area contributed by atoms with Gasteiger partial charge in [0.2, 0.25) is 0 Å². The van der Waals surface area contributed by atoms with Crippen LogP contribution in [0.1, 0.15) is 10.4 Å². The van der Waals surface area contributed by atoms with Gasteiger partial charge in [0.15, 0.2) is 16.4 Å². The number of benzene rings is 2. The number of esters is 1. The molecule has 0 atom stereocenters. The number of nitrogens with one attached hydrogen (secondary N) is 1. The Balaban J connectivity index is 2.02. The number of carbonyl (C=O) groups is 2. The number of para-hydroxylation sites is 1. The van der Waals surface area contributed by atoms with Gasteiger partial charge >= 0.3 is 5.97 Å². The van der Waals surface area contributed by atoms with Crippen molar-refractivity contribution >= 4 is 27.4 Å². The van der Waals surface area contributed by atoms with Gasteiger partial charge in [-0.15, -0.1) is 0 Å². The highest BCUT2D eigenvalue weighted by Gasteiger charge is 2.19. The lowest BCUT2D eigenvalue weighted by Crippen LogP contribution is -2.21. The van der Waals surface area contributed by atoms with Gasteiger partial charge in [0.05, 0.1) is 10.5 Å². The zero-order valence-electron chi connectivity index (χ0n) is 12.4. The minimum absolute atomic E-state index is 0.0949. The minimum Gasteiger partial charge on any atom is -0.452 e. The van der Waals surface area contributed by atoms with E-state index >= 15 is 0 Å². The first-order valence-electron chi connectivity index (χ1n) is 6.69. The maximum absolute atomic E-state index is 12.0. The van der Waals surface area contributed by atoms with Crippen molar-refractivity contribution in [3.8, 4) is 0 Å². The second-order valence-corrected chi connectivity index (χ2v) is 6.74. The molecule has 0 aliphatic heterocycles. The van der Waals surface area contributed by atoms with E-state index in [0.29, 0.717) is 5.69 Å². The molecule has 0 aliphatic carbocycles. The number of amides is 1. The summed E-state index contributed by atoms with van der Waals surface area (Å²) in [6, 6.07) is 14.4. The van der Waals surface area contributed by atoms with E-state index in [9.17, 15) is 18.0 Å². The number of sulfone groups is 1. The summed E-state index contributed by atoms with van der Waals surface area (Å²) in [7, 11) is -3.57. The minimum atomic E-state index is -3.57. The average molecular weight is 333 g/mol. The smallest absolute Gasteiger partial charge is 0.339 e. The molecule has 7 heteroatoms. The normalized spacial score (nSPS) is 10.8. The summed E-state index contributed by atoms with van der Waals surface area (Å²) in [4.78, 5) is 23.6. The highest BCUT2D eigenvalue weighted by molar-refractivity contribution is 7.90. The molecular weight excluding hydrogens is 318 g/mol. The van der Waals surface area contributed by atoms with E-state index in [2.05, 4.69) is 5.32 Å². The van der Waals surface area contributed by atoms with Crippen LogP contribution in [0.25, 0.3) is 0 Å². The molecule has 6 nitrogen and oxygen atoms in total. The van der Waals surface area contributed by atoms with Gasteiger partial charge in [-0.25, -0.2) is 13.2 Å². The molecule has 0 saturated carbocycles. The first kappa shape index (κ1) is 16.7. The Bertz CT molecular complexity index is 815. The first-order valence-corrected chi connectivity index (χ1v) is 8.58. The van der Waals surface area contributed by atoms with Gasteiger partial charge in [0, 0.05) is 11.9 Å². The summed E-state index contributed by atoms with van der Waals surface area (Å²) in [6.07, 6.45) is 1.00. The zero-order chi connectivity index (χ0) is 16.9. The molecule has 2 aromatic rings. The molecule has 0 spiro atoms. The second-order valence-electron chi connectivity index (χ2n) is 4.76. The topological polar surface area (TPSA) is 89.5 Å². The lowest BCUT2D eigenvalue weighted by atomic mass is 10.2. The predicted molar refractivity (Wildman–Crippen MR) is 84.9 cm³/mol. The molecule has 1 N–H and O–H groups in total. The van der Waals surface area contributed by atoms with Crippen molar-refractivity contribution < 1.29 is 22.7 Å². The third-order valence-corrected chi connectivity index (χ3v) is 4.05. The zero-order valence-corrected chi connectivity index (χ0v) is 13.2. The molecule has 0 radical (unpaired) electrons. The van der Waals surface area contributed by atoms with Gasteiger partial charge in [-0.3, -0.25) is 4.79 Å². The Morgan fingerprint density at radius 3 is 2.26 bits per heavy atom. The van der Waals surface area contributed by atoms with E-state index in [-0.39, 0.29) is 10.5 Å². The van der Waals surface area contributed by atoms with E-state index in [1.807, 2.05) is 0 Å². The van der Waals surface area contributed by atoms with Crippen LogP contribution in [0.5, 0.6) is 0 Å². The number of hydrogen-bond donors (Lipinski definition) is 1. The maximum Gasteiger partial charge on any atom is 0.339 e. The molecule has 0 heterocycles. The fourth-order valence-electron chi connectivity index (χ4n) is 1.89. The van der Waals surface area contributed by atoms with Gasteiger partial charge in [-0.2, -0.15) is 0 Å². The summed E-state index contributed by atoms with van der Waals surface area (Å²) >= 11 is 0. The summed E-state index contributed by atoms with van der Waals surface area (Å²) in [6.45, 7) is -0.508. The molecule has 2 aromatic carbocycles. The van der Waals surface area contributed by atoms with Crippen molar-refractivity contribution in [3.05, 3.63) is 60.2 Å². The van der Waals surface area contributed by atoms with E-state index in [4.69, 9.17) is 4.74 Å². The molecule has 0 unspecified atom stereocenters. The average Bonchev–Trinajstić information content (AvgIpc) is 2.53. The predicted octanol–water partition coefficient (Wildman–Crippen LogP) is 1.89. The fourth-order valence-corrected chi connectivity index (χ4v) is 2.76. The van der Waals surface area contributed by atoms with Crippen molar-refractivity contribution in [2.45, 2.75) is 4.90 Å². The summed E-state index contributed by atoms with van der Waals surface area (Å²) in [5, 5.41) is 2.56. The molecule has 0 saturated heterocycles. The maximum atomic E-state index is 12.0. The van der Waals surface area contributed by atoms with Crippen LogP contribution in [0.4, 0.5) is 5.69 Å². The molecule has 2 rings (SSSR count). The van der Waals surface area contributed by atoms with Crippen LogP contribution in [-0.4, -0.2) is 33.2 Å². The van der Waals surface area contributed by atoms with Crippen molar-refractivity contribution in [3.63, 3.8) is 0 Å². The van der Waals surface area contributed by atoms with E-state index < -0.39 is 28.3 Å². The monoisotopic (exact) mass is 333 g/mol. The summed E-state index contributed by atoms with van der Waals surface area (Å²) in [5.74, 6) is -1.38. The number of carbonyl (C=O) groups excluding carboxylic acids is 2. The third kappa shape index (κ3) is 4.65. The van der Waals surface area contributed by atoms with Crippen LogP contribution in [0.3, 0.4) is 0 Å². The highest BCUT2D eigenvalue weighted by Crippen LogP contribution is 2.16. The Kier molecular flexibility index (Phi) is 5.13. The van der Waals surface area contributed by atoms with Crippen molar-refractivity contribution in [2.75, 3.05) is 18.2 Å². The van der Waals surface area contributed by atoms with E-state index in [0.717, 1.165) is 6.26 Å².